The Morgan fingerprint density at radius 3 is 1.62 bits per heavy atom. The van der Waals surface area contributed by atoms with Crippen LogP contribution in [-0.2, 0) is 0 Å². The van der Waals surface area contributed by atoms with Gasteiger partial charge >= 0.3 is 0 Å². The minimum Gasteiger partial charge on any atom is -0.456 e. The lowest BCUT2D eigenvalue weighted by atomic mass is 9.94. The van der Waals surface area contributed by atoms with Crippen molar-refractivity contribution in [1.29, 1.82) is 0 Å². The molecule has 0 bridgehead atoms. The molecule has 0 spiro atoms. The molecule has 0 amide bonds. The fourth-order valence-corrected chi connectivity index (χ4v) is 8.23. The Labute approximate surface area is 317 Å². The standard InChI is InChI=1S/C52H33NO2/c1-3-11-34(12-4-1)37-19-21-39(22-20-37)43-29-30-45(52-50(43)51-48(55-52)32-31-47-49(51)44-17-9-10-18-46(44)54-47)53(42-28-25-36-15-7-8-16-40(36)33-42)41-26-23-38(24-27-41)35-13-5-2-6-14-35/h1-33H. The average molecular weight is 704 g/mol. The Morgan fingerprint density at radius 2 is 0.891 bits per heavy atom. The molecule has 9 aromatic carbocycles. The lowest BCUT2D eigenvalue weighted by Crippen LogP contribution is -2.10. The first-order chi connectivity index (χ1) is 27.3. The van der Waals surface area contributed by atoms with Crippen molar-refractivity contribution >= 4 is 71.7 Å². The minimum atomic E-state index is 0.817. The van der Waals surface area contributed by atoms with Gasteiger partial charge in [-0.2, -0.15) is 0 Å². The lowest BCUT2D eigenvalue weighted by Gasteiger charge is -2.26. The average Bonchev–Trinajstić information content (AvgIpc) is 3.84. The van der Waals surface area contributed by atoms with Crippen LogP contribution in [0.1, 0.15) is 0 Å². The van der Waals surface area contributed by atoms with Crippen LogP contribution in [0.2, 0.25) is 0 Å². The van der Waals surface area contributed by atoms with Crippen LogP contribution in [0.4, 0.5) is 17.1 Å². The molecule has 0 aliphatic rings. The summed E-state index contributed by atoms with van der Waals surface area (Å²) >= 11 is 0. The van der Waals surface area contributed by atoms with E-state index >= 15 is 0 Å². The summed E-state index contributed by atoms with van der Waals surface area (Å²) in [7, 11) is 0. The van der Waals surface area contributed by atoms with Gasteiger partial charge in [0.1, 0.15) is 16.7 Å². The molecule has 0 N–H and O–H groups in total. The zero-order chi connectivity index (χ0) is 36.3. The van der Waals surface area contributed by atoms with E-state index in [1.165, 1.54) is 33.0 Å². The molecule has 3 heteroatoms. The predicted octanol–water partition coefficient (Wildman–Crippen LogP) is 15.1. The van der Waals surface area contributed by atoms with E-state index in [1.807, 2.05) is 18.2 Å². The fraction of sp³-hybridized carbons (Fsp3) is 0. The molecule has 2 heterocycles. The van der Waals surface area contributed by atoms with Crippen LogP contribution < -0.4 is 4.90 Å². The Hall–Kier alpha value is -7.36. The Morgan fingerprint density at radius 1 is 0.327 bits per heavy atom. The smallest absolute Gasteiger partial charge is 0.160 e. The molecule has 55 heavy (non-hydrogen) atoms. The highest BCUT2D eigenvalue weighted by molar-refractivity contribution is 6.29. The second kappa shape index (κ2) is 12.6. The summed E-state index contributed by atoms with van der Waals surface area (Å²) in [4.78, 5) is 2.33. The van der Waals surface area contributed by atoms with E-state index in [1.54, 1.807) is 0 Å². The van der Waals surface area contributed by atoms with Crippen LogP contribution in [0.15, 0.2) is 209 Å². The van der Waals surface area contributed by atoms with E-state index in [0.29, 0.717) is 0 Å². The number of anilines is 3. The monoisotopic (exact) mass is 703 g/mol. The molecule has 0 atom stereocenters. The van der Waals surface area contributed by atoms with E-state index in [9.17, 15) is 0 Å². The zero-order valence-corrected chi connectivity index (χ0v) is 29.8. The first-order valence-electron chi connectivity index (χ1n) is 18.7. The first-order valence-corrected chi connectivity index (χ1v) is 18.7. The molecule has 3 nitrogen and oxygen atoms in total. The lowest BCUT2D eigenvalue weighted by molar-refractivity contribution is 0.663. The largest absolute Gasteiger partial charge is 0.456 e. The van der Waals surface area contributed by atoms with E-state index in [4.69, 9.17) is 8.83 Å². The van der Waals surface area contributed by atoms with Gasteiger partial charge in [-0.3, -0.25) is 0 Å². The second-order valence-corrected chi connectivity index (χ2v) is 14.1. The number of furan rings is 2. The highest BCUT2D eigenvalue weighted by Crippen LogP contribution is 2.49. The van der Waals surface area contributed by atoms with Crippen molar-refractivity contribution < 1.29 is 8.83 Å². The van der Waals surface area contributed by atoms with Gasteiger partial charge in [-0.25, -0.2) is 0 Å². The van der Waals surface area contributed by atoms with Gasteiger partial charge in [-0.1, -0.05) is 152 Å². The fourth-order valence-electron chi connectivity index (χ4n) is 8.23. The summed E-state index contributed by atoms with van der Waals surface area (Å²) in [6.07, 6.45) is 0. The third kappa shape index (κ3) is 5.20. The summed E-state index contributed by atoms with van der Waals surface area (Å²) in [5.74, 6) is 0. The molecule has 11 rings (SSSR count). The quantitative estimate of drug-likeness (QED) is 0.173. The van der Waals surface area contributed by atoms with E-state index in [0.717, 1.165) is 72.1 Å². The van der Waals surface area contributed by atoms with Gasteiger partial charge in [0.05, 0.1) is 5.69 Å². The second-order valence-electron chi connectivity index (χ2n) is 14.1. The van der Waals surface area contributed by atoms with Crippen LogP contribution >= 0.6 is 0 Å². The topological polar surface area (TPSA) is 29.5 Å². The van der Waals surface area contributed by atoms with E-state index in [2.05, 4.69) is 187 Å². The molecule has 0 unspecified atom stereocenters. The first kappa shape index (κ1) is 31.2. The molecular formula is C52H33NO2. The van der Waals surface area contributed by atoms with Crippen molar-refractivity contribution in [2.24, 2.45) is 0 Å². The van der Waals surface area contributed by atoms with Crippen LogP contribution in [0.25, 0.3) is 88.0 Å². The summed E-state index contributed by atoms with van der Waals surface area (Å²) in [5.41, 5.74) is 13.3. The van der Waals surface area contributed by atoms with Gasteiger partial charge < -0.3 is 13.7 Å². The number of para-hydroxylation sites is 1. The molecule has 0 aliphatic carbocycles. The van der Waals surface area contributed by atoms with Gasteiger partial charge in [0.25, 0.3) is 0 Å². The number of hydrogen-bond donors (Lipinski definition) is 0. The Kier molecular flexibility index (Phi) is 7.17. The van der Waals surface area contributed by atoms with Crippen molar-refractivity contribution in [2.75, 3.05) is 4.90 Å². The van der Waals surface area contributed by atoms with E-state index < -0.39 is 0 Å². The molecule has 0 aliphatic heterocycles. The SMILES string of the molecule is c1ccc(-c2ccc(-c3ccc(N(c4ccc(-c5ccccc5)cc4)c4ccc5ccccc5c4)c4oc5ccc6oc7ccccc7c6c5c34)cc2)cc1. The maximum absolute atomic E-state index is 7.09. The minimum absolute atomic E-state index is 0.817. The third-order valence-corrected chi connectivity index (χ3v) is 10.9. The number of benzene rings is 9. The van der Waals surface area contributed by atoms with Gasteiger partial charge in [0.15, 0.2) is 5.58 Å². The number of fused-ring (bicyclic) bond motifs is 8. The maximum atomic E-state index is 7.09. The highest BCUT2D eigenvalue weighted by atomic mass is 16.3. The molecule has 0 radical (unpaired) electrons. The van der Waals surface area contributed by atoms with Crippen molar-refractivity contribution in [3.8, 4) is 33.4 Å². The van der Waals surface area contributed by atoms with Gasteiger partial charge in [-0.05, 0) is 92.7 Å². The summed E-state index contributed by atoms with van der Waals surface area (Å²) < 4.78 is 13.5. The Bertz CT molecular complexity index is 3180. The molecule has 0 fully saturated rings. The van der Waals surface area contributed by atoms with Crippen LogP contribution in [0.5, 0.6) is 0 Å². The normalized spacial score (nSPS) is 11.6. The van der Waals surface area contributed by atoms with Gasteiger partial charge in [0.2, 0.25) is 0 Å². The highest BCUT2D eigenvalue weighted by Gasteiger charge is 2.25. The number of hydrogen-bond acceptors (Lipinski definition) is 3. The predicted molar refractivity (Wildman–Crippen MR) is 229 cm³/mol. The maximum Gasteiger partial charge on any atom is 0.160 e. The summed E-state index contributed by atoms with van der Waals surface area (Å²) in [5, 5.41) is 6.62. The van der Waals surface area contributed by atoms with Gasteiger partial charge in [0, 0.05) is 32.9 Å². The van der Waals surface area contributed by atoms with Crippen molar-refractivity contribution in [2.45, 2.75) is 0 Å². The number of rotatable bonds is 6. The van der Waals surface area contributed by atoms with E-state index in [-0.39, 0.29) is 0 Å². The van der Waals surface area contributed by atoms with Crippen LogP contribution in [-0.4, -0.2) is 0 Å². The Balaban J connectivity index is 1.19. The van der Waals surface area contributed by atoms with Crippen molar-refractivity contribution in [3.05, 3.63) is 200 Å². The molecule has 258 valence electrons. The molecule has 2 aromatic heterocycles. The molecular weight excluding hydrogens is 671 g/mol. The van der Waals surface area contributed by atoms with Crippen molar-refractivity contribution in [3.63, 3.8) is 0 Å². The van der Waals surface area contributed by atoms with Crippen LogP contribution in [0.3, 0.4) is 0 Å². The summed E-state index contributed by atoms with van der Waals surface area (Å²) in [6, 6.07) is 70.8. The van der Waals surface area contributed by atoms with Crippen LogP contribution in [0, 0.1) is 0 Å². The number of nitrogens with zero attached hydrogens (tertiary/aromatic N) is 1. The molecule has 0 saturated carbocycles. The molecule has 0 saturated heterocycles. The third-order valence-electron chi connectivity index (χ3n) is 10.9. The zero-order valence-electron chi connectivity index (χ0n) is 29.8. The van der Waals surface area contributed by atoms with Gasteiger partial charge in [-0.15, -0.1) is 0 Å². The van der Waals surface area contributed by atoms with Crippen molar-refractivity contribution in [1.82, 2.24) is 0 Å². The summed E-state index contributed by atoms with van der Waals surface area (Å²) in [6.45, 7) is 0. The molecule has 11 aromatic rings.